The summed E-state index contributed by atoms with van der Waals surface area (Å²) in [5, 5.41) is 4.30. The first-order valence-corrected chi connectivity index (χ1v) is 8.64. The zero-order valence-corrected chi connectivity index (χ0v) is 14.5. The second-order valence-electron chi connectivity index (χ2n) is 5.10. The lowest BCUT2D eigenvalue weighted by atomic mass is 10.2. The van der Waals surface area contributed by atoms with Crippen LogP contribution in [0, 0.1) is 5.82 Å². The lowest BCUT2D eigenvalue weighted by molar-refractivity contribution is 0.628. The van der Waals surface area contributed by atoms with E-state index in [1.54, 1.807) is 18.2 Å². The number of halogens is 2. The Morgan fingerprint density at radius 2 is 1.79 bits per heavy atom. The van der Waals surface area contributed by atoms with Gasteiger partial charge in [0.1, 0.15) is 5.82 Å². The van der Waals surface area contributed by atoms with Crippen molar-refractivity contribution in [1.82, 2.24) is 14.6 Å². The summed E-state index contributed by atoms with van der Waals surface area (Å²) < 4.78 is 15.7. The number of hydrogen-bond donors (Lipinski definition) is 0. The van der Waals surface area contributed by atoms with E-state index in [1.807, 2.05) is 24.3 Å². The number of aromatic nitrogens is 3. The summed E-state index contributed by atoms with van der Waals surface area (Å²) in [6.45, 7) is 0. The van der Waals surface area contributed by atoms with E-state index in [0.29, 0.717) is 15.3 Å². The van der Waals surface area contributed by atoms with E-state index in [-0.39, 0.29) is 11.4 Å². The molecule has 0 atom stereocenters. The van der Waals surface area contributed by atoms with Crippen LogP contribution in [0.25, 0.3) is 22.4 Å². The average molecular weight is 402 g/mol. The molecule has 24 heavy (non-hydrogen) atoms. The number of benzene rings is 2. The third-order valence-corrected chi connectivity index (χ3v) is 4.94. The monoisotopic (exact) mass is 401 g/mol. The van der Waals surface area contributed by atoms with Crippen molar-refractivity contribution in [2.45, 2.75) is 0 Å². The highest BCUT2D eigenvalue weighted by atomic mass is 79.9. The number of thiazole rings is 1. The maximum absolute atomic E-state index is 13.0. The normalized spacial score (nSPS) is 12.2. The van der Waals surface area contributed by atoms with Gasteiger partial charge in [-0.25, -0.2) is 4.39 Å². The molecule has 2 heterocycles. The van der Waals surface area contributed by atoms with Crippen LogP contribution in [-0.4, -0.2) is 14.6 Å². The van der Waals surface area contributed by atoms with E-state index in [9.17, 15) is 9.18 Å². The molecule has 4 nitrogen and oxygen atoms in total. The fourth-order valence-electron chi connectivity index (χ4n) is 2.27. The van der Waals surface area contributed by atoms with Gasteiger partial charge in [0.05, 0.1) is 4.53 Å². The van der Waals surface area contributed by atoms with Gasteiger partial charge in [-0.2, -0.15) is 9.50 Å². The van der Waals surface area contributed by atoms with Crippen molar-refractivity contribution in [2.75, 3.05) is 0 Å². The van der Waals surface area contributed by atoms with Crippen LogP contribution >= 0.6 is 27.3 Å². The Bertz CT molecular complexity index is 1130. The van der Waals surface area contributed by atoms with Crippen molar-refractivity contribution in [1.29, 1.82) is 0 Å². The highest BCUT2D eigenvalue weighted by molar-refractivity contribution is 9.10. The minimum Gasteiger partial charge on any atom is -0.266 e. The fourth-order valence-corrected chi connectivity index (χ4v) is 3.44. The molecule has 0 aliphatic heterocycles. The van der Waals surface area contributed by atoms with Crippen molar-refractivity contribution in [2.24, 2.45) is 0 Å². The summed E-state index contributed by atoms with van der Waals surface area (Å²) in [5.41, 5.74) is 1.37. The van der Waals surface area contributed by atoms with Crippen LogP contribution in [0.15, 0.2) is 57.8 Å². The second kappa shape index (κ2) is 5.92. The van der Waals surface area contributed by atoms with Gasteiger partial charge in [0.25, 0.3) is 5.56 Å². The smallest absolute Gasteiger partial charge is 0.266 e. The molecular weight excluding hydrogens is 393 g/mol. The molecule has 0 aliphatic carbocycles. The van der Waals surface area contributed by atoms with Gasteiger partial charge in [-0.1, -0.05) is 51.5 Å². The van der Waals surface area contributed by atoms with Crippen LogP contribution in [0.5, 0.6) is 0 Å². The van der Waals surface area contributed by atoms with Gasteiger partial charge in [-0.15, -0.1) is 5.10 Å². The summed E-state index contributed by atoms with van der Waals surface area (Å²) in [5.74, 6) is 0.204. The molecule has 0 N–H and O–H groups in total. The van der Waals surface area contributed by atoms with E-state index in [0.717, 1.165) is 15.6 Å². The molecule has 4 rings (SSSR count). The molecule has 118 valence electrons. The van der Waals surface area contributed by atoms with E-state index in [1.165, 1.54) is 28.0 Å². The summed E-state index contributed by atoms with van der Waals surface area (Å²) in [6, 6.07) is 13.5. The largest absolute Gasteiger partial charge is 0.291 e. The molecule has 0 unspecified atom stereocenters. The zero-order valence-electron chi connectivity index (χ0n) is 12.1. The van der Waals surface area contributed by atoms with Crippen LogP contribution < -0.4 is 10.1 Å². The van der Waals surface area contributed by atoms with Crippen LogP contribution in [-0.2, 0) is 0 Å². The van der Waals surface area contributed by atoms with Gasteiger partial charge < -0.3 is 0 Å². The van der Waals surface area contributed by atoms with Gasteiger partial charge in [0.15, 0.2) is 5.82 Å². The maximum atomic E-state index is 13.0. The number of nitrogens with zero attached hydrogens (tertiary/aromatic N) is 3. The van der Waals surface area contributed by atoms with Gasteiger partial charge >= 0.3 is 0 Å². The molecule has 0 aliphatic rings. The first-order valence-electron chi connectivity index (χ1n) is 7.03. The highest BCUT2D eigenvalue weighted by Crippen LogP contribution is 2.19. The van der Waals surface area contributed by atoms with Crippen LogP contribution in [0.3, 0.4) is 0 Å². The average Bonchev–Trinajstić information content (AvgIpc) is 3.11. The van der Waals surface area contributed by atoms with Crippen molar-refractivity contribution < 1.29 is 4.39 Å². The quantitative estimate of drug-likeness (QED) is 0.517. The molecule has 0 spiro atoms. The summed E-state index contributed by atoms with van der Waals surface area (Å²) in [6.07, 6.45) is 1.71. The Balaban J connectivity index is 1.79. The number of fused-ring (bicyclic) bond motifs is 1. The molecule has 0 fully saturated rings. The minimum absolute atomic E-state index is 0.227. The predicted molar refractivity (Wildman–Crippen MR) is 95.5 cm³/mol. The van der Waals surface area contributed by atoms with Crippen molar-refractivity contribution in [3.8, 4) is 11.4 Å². The number of hydrogen-bond acceptors (Lipinski definition) is 4. The first kappa shape index (κ1) is 15.2. The van der Waals surface area contributed by atoms with E-state index >= 15 is 0 Å². The third kappa shape index (κ3) is 2.76. The Hall–Kier alpha value is -2.38. The first-order chi connectivity index (χ1) is 11.6. The second-order valence-corrected chi connectivity index (χ2v) is 7.03. The summed E-state index contributed by atoms with van der Waals surface area (Å²) in [4.78, 5) is 17.4. The van der Waals surface area contributed by atoms with Gasteiger partial charge in [-0.3, -0.25) is 4.79 Å². The molecule has 2 aromatic heterocycles. The van der Waals surface area contributed by atoms with Gasteiger partial charge in [0.2, 0.25) is 4.96 Å². The lowest BCUT2D eigenvalue weighted by Crippen LogP contribution is -2.23. The third-order valence-electron chi connectivity index (χ3n) is 3.45. The molecule has 0 amide bonds. The lowest BCUT2D eigenvalue weighted by Gasteiger charge is -1.94. The summed E-state index contributed by atoms with van der Waals surface area (Å²) in [7, 11) is 0. The Labute approximate surface area is 148 Å². The molecule has 0 bridgehead atoms. The van der Waals surface area contributed by atoms with E-state index < -0.39 is 0 Å². The summed E-state index contributed by atoms with van der Waals surface area (Å²) >= 11 is 4.64. The molecule has 0 saturated heterocycles. The SMILES string of the molecule is O=c1c(=Cc2ccc(F)cc2)sc2nc(-c3ccc(Br)cc3)nn12. The number of rotatable bonds is 2. The van der Waals surface area contributed by atoms with Gasteiger partial charge in [-0.05, 0) is 35.9 Å². The zero-order chi connectivity index (χ0) is 16.7. The Morgan fingerprint density at radius 1 is 1.08 bits per heavy atom. The minimum atomic E-state index is -0.309. The molecule has 7 heteroatoms. The fraction of sp³-hybridized carbons (Fsp3) is 0. The molecule has 0 saturated carbocycles. The van der Waals surface area contributed by atoms with E-state index in [2.05, 4.69) is 26.0 Å². The van der Waals surface area contributed by atoms with Gasteiger partial charge in [0, 0.05) is 10.0 Å². The van der Waals surface area contributed by atoms with Crippen molar-refractivity contribution in [3.05, 3.63) is 79.3 Å². The van der Waals surface area contributed by atoms with Crippen LogP contribution in [0.1, 0.15) is 5.56 Å². The van der Waals surface area contributed by atoms with Crippen molar-refractivity contribution >= 4 is 38.3 Å². The highest BCUT2D eigenvalue weighted by Gasteiger charge is 2.11. The Kier molecular flexibility index (Phi) is 3.74. The van der Waals surface area contributed by atoms with E-state index in [4.69, 9.17) is 0 Å². The standard InChI is InChI=1S/C17H9BrFN3OS/c18-12-5-3-11(4-6-12)15-20-17-22(21-15)16(23)14(24-17)9-10-1-7-13(19)8-2-10/h1-9H. The van der Waals surface area contributed by atoms with Crippen LogP contribution in [0.2, 0.25) is 0 Å². The molecule has 4 aromatic rings. The van der Waals surface area contributed by atoms with Crippen LogP contribution in [0.4, 0.5) is 4.39 Å². The molecule has 0 radical (unpaired) electrons. The topological polar surface area (TPSA) is 47.3 Å². The van der Waals surface area contributed by atoms with Crippen molar-refractivity contribution in [3.63, 3.8) is 0 Å². The predicted octanol–water partition coefficient (Wildman–Crippen LogP) is 3.27. The molecular formula is C17H9BrFN3OS. The maximum Gasteiger partial charge on any atom is 0.291 e. The molecule has 2 aromatic carbocycles. The Morgan fingerprint density at radius 3 is 2.46 bits per heavy atom.